The van der Waals surface area contributed by atoms with Gasteiger partial charge in [-0.15, -0.1) is 12.4 Å². The van der Waals surface area contributed by atoms with E-state index in [1.54, 1.807) is 16.4 Å². The smallest absolute Gasteiger partial charge is 0.251 e. The molecule has 3 rings (SSSR count). The number of halogens is 1. The van der Waals surface area contributed by atoms with E-state index >= 15 is 0 Å². The summed E-state index contributed by atoms with van der Waals surface area (Å²) in [6, 6.07) is 4.90. The van der Waals surface area contributed by atoms with Gasteiger partial charge in [0.05, 0.1) is 4.90 Å². The van der Waals surface area contributed by atoms with Gasteiger partial charge in [0, 0.05) is 31.2 Å². The van der Waals surface area contributed by atoms with Crippen molar-refractivity contribution in [3.05, 3.63) is 29.3 Å². The lowest BCUT2D eigenvalue weighted by atomic mass is 10.0. The molecule has 8 heteroatoms. The molecule has 6 nitrogen and oxygen atoms in total. The van der Waals surface area contributed by atoms with E-state index in [-0.39, 0.29) is 29.3 Å². The summed E-state index contributed by atoms with van der Waals surface area (Å²) in [5.74, 6) is -0.188. The third-order valence-corrected chi connectivity index (χ3v) is 6.32. The highest BCUT2D eigenvalue weighted by atomic mass is 35.5. The molecule has 23 heavy (non-hydrogen) atoms. The molecule has 1 fully saturated rings. The quantitative estimate of drug-likeness (QED) is 0.832. The summed E-state index contributed by atoms with van der Waals surface area (Å²) in [6.45, 7) is 1.79. The third-order valence-electron chi connectivity index (χ3n) is 4.38. The monoisotopic (exact) mass is 359 g/mol. The first-order valence-electron chi connectivity index (χ1n) is 7.61. The predicted molar refractivity (Wildman–Crippen MR) is 90.6 cm³/mol. The fraction of sp³-hybridized carbons (Fsp3) is 0.533. The molecule has 2 heterocycles. The zero-order valence-corrected chi connectivity index (χ0v) is 14.7. The number of likely N-dealkylation sites (N-methyl/N-ethyl adjacent to an activating group) is 1. The molecule has 2 aliphatic rings. The summed E-state index contributed by atoms with van der Waals surface area (Å²) in [4.78, 5) is 12.1. The van der Waals surface area contributed by atoms with Crippen LogP contribution in [0.3, 0.4) is 0 Å². The Kier molecular flexibility index (Phi) is 5.67. The maximum Gasteiger partial charge on any atom is 0.251 e. The standard InChI is InChI=1S/C15H21N3O3S.ClH/c1-16-10-12-3-2-8-18(12)22(20,21)13-5-4-11-6-7-17-15(19)14(11)9-13;/h4-5,9,12,16H,2-3,6-8,10H2,1H3,(H,17,19);1H. The molecule has 0 spiro atoms. The zero-order valence-electron chi connectivity index (χ0n) is 13.0. The first kappa shape index (κ1) is 18.2. The first-order chi connectivity index (χ1) is 10.5. The fourth-order valence-corrected chi connectivity index (χ4v) is 4.97. The minimum Gasteiger partial charge on any atom is -0.352 e. The largest absolute Gasteiger partial charge is 0.352 e. The lowest BCUT2D eigenvalue weighted by molar-refractivity contribution is 0.0945. The number of hydrogen-bond donors (Lipinski definition) is 2. The average Bonchev–Trinajstić information content (AvgIpc) is 2.97. The predicted octanol–water partition coefficient (Wildman–Crippen LogP) is 0.767. The highest BCUT2D eigenvalue weighted by Crippen LogP contribution is 2.27. The molecule has 1 amide bonds. The average molecular weight is 360 g/mol. The van der Waals surface area contributed by atoms with Crippen LogP contribution in [0, 0.1) is 0 Å². The summed E-state index contributed by atoms with van der Waals surface area (Å²) in [6.07, 6.45) is 2.48. The SMILES string of the molecule is CNCC1CCCN1S(=O)(=O)c1ccc2c(c1)C(=O)NCC2.Cl. The van der Waals surface area contributed by atoms with E-state index in [0.29, 0.717) is 25.2 Å². The van der Waals surface area contributed by atoms with Gasteiger partial charge in [-0.2, -0.15) is 4.31 Å². The Balaban J connectivity index is 0.00000192. The van der Waals surface area contributed by atoms with Crippen LogP contribution in [0.2, 0.25) is 0 Å². The van der Waals surface area contributed by atoms with Crippen molar-refractivity contribution >= 4 is 28.3 Å². The molecule has 2 aliphatic heterocycles. The molecule has 1 aromatic rings. The van der Waals surface area contributed by atoms with Crippen LogP contribution in [0.4, 0.5) is 0 Å². The van der Waals surface area contributed by atoms with Crippen LogP contribution in [0.15, 0.2) is 23.1 Å². The van der Waals surface area contributed by atoms with Crippen molar-refractivity contribution in [1.29, 1.82) is 0 Å². The van der Waals surface area contributed by atoms with Crippen LogP contribution < -0.4 is 10.6 Å². The topological polar surface area (TPSA) is 78.5 Å². The van der Waals surface area contributed by atoms with Gasteiger partial charge in [0.1, 0.15) is 0 Å². The van der Waals surface area contributed by atoms with Crippen molar-refractivity contribution in [3.63, 3.8) is 0 Å². The summed E-state index contributed by atoms with van der Waals surface area (Å²) < 4.78 is 27.3. The second kappa shape index (κ2) is 7.17. The fourth-order valence-electron chi connectivity index (χ4n) is 3.25. The van der Waals surface area contributed by atoms with Gasteiger partial charge >= 0.3 is 0 Å². The molecule has 1 aromatic carbocycles. The normalized spacial score (nSPS) is 21.4. The molecular weight excluding hydrogens is 338 g/mol. The lowest BCUT2D eigenvalue weighted by Crippen LogP contribution is -2.41. The number of benzene rings is 1. The van der Waals surface area contributed by atoms with Crippen LogP contribution in [0.1, 0.15) is 28.8 Å². The number of nitrogens with zero attached hydrogens (tertiary/aromatic N) is 1. The summed E-state index contributed by atoms with van der Waals surface area (Å²) >= 11 is 0. The Bertz CT molecular complexity index is 693. The Hall–Kier alpha value is -1.15. The minimum absolute atomic E-state index is 0. The van der Waals surface area contributed by atoms with E-state index in [1.165, 1.54) is 6.07 Å². The third kappa shape index (κ3) is 3.38. The highest BCUT2D eigenvalue weighted by Gasteiger charge is 2.35. The van der Waals surface area contributed by atoms with Gasteiger partial charge in [0.15, 0.2) is 0 Å². The van der Waals surface area contributed by atoms with E-state index in [0.717, 1.165) is 24.8 Å². The van der Waals surface area contributed by atoms with Gasteiger partial charge in [-0.1, -0.05) is 6.07 Å². The number of carbonyl (C=O) groups is 1. The lowest BCUT2D eigenvalue weighted by Gasteiger charge is -2.25. The van der Waals surface area contributed by atoms with Crippen LogP contribution in [0.5, 0.6) is 0 Å². The Morgan fingerprint density at radius 2 is 2.17 bits per heavy atom. The van der Waals surface area contributed by atoms with Crippen molar-refractivity contribution in [2.24, 2.45) is 0 Å². The number of rotatable bonds is 4. The van der Waals surface area contributed by atoms with Crippen molar-refractivity contribution in [1.82, 2.24) is 14.9 Å². The zero-order chi connectivity index (χ0) is 15.7. The van der Waals surface area contributed by atoms with Crippen LogP contribution in [0.25, 0.3) is 0 Å². The van der Waals surface area contributed by atoms with E-state index in [9.17, 15) is 13.2 Å². The minimum atomic E-state index is -3.55. The number of carbonyl (C=O) groups excluding carboxylic acids is 1. The molecular formula is C15H22ClN3O3S. The molecule has 1 saturated heterocycles. The first-order valence-corrected chi connectivity index (χ1v) is 9.05. The second-order valence-corrected chi connectivity index (χ2v) is 7.68. The van der Waals surface area contributed by atoms with Gasteiger partial charge in [-0.05, 0) is 44.0 Å². The maximum absolute atomic E-state index is 12.9. The molecule has 2 N–H and O–H groups in total. The van der Waals surface area contributed by atoms with E-state index in [2.05, 4.69) is 10.6 Å². The van der Waals surface area contributed by atoms with Crippen LogP contribution in [-0.4, -0.2) is 51.4 Å². The summed E-state index contributed by atoms with van der Waals surface area (Å²) in [7, 11) is -1.73. The molecule has 1 atom stereocenters. The van der Waals surface area contributed by atoms with Gasteiger partial charge in [0.2, 0.25) is 10.0 Å². The Morgan fingerprint density at radius 1 is 1.39 bits per heavy atom. The molecule has 128 valence electrons. The van der Waals surface area contributed by atoms with Crippen molar-refractivity contribution in [2.45, 2.75) is 30.2 Å². The Labute approximate surface area is 143 Å². The number of nitrogens with one attached hydrogen (secondary N) is 2. The van der Waals surface area contributed by atoms with Gasteiger partial charge < -0.3 is 10.6 Å². The number of sulfonamides is 1. The Morgan fingerprint density at radius 3 is 2.91 bits per heavy atom. The molecule has 0 saturated carbocycles. The highest BCUT2D eigenvalue weighted by molar-refractivity contribution is 7.89. The molecule has 1 unspecified atom stereocenters. The van der Waals surface area contributed by atoms with Crippen LogP contribution in [-0.2, 0) is 16.4 Å². The van der Waals surface area contributed by atoms with Crippen LogP contribution >= 0.6 is 12.4 Å². The van der Waals surface area contributed by atoms with Crippen molar-refractivity contribution in [2.75, 3.05) is 26.7 Å². The van der Waals surface area contributed by atoms with Gasteiger partial charge in [-0.25, -0.2) is 8.42 Å². The number of hydrogen-bond acceptors (Lipinski definition) is 4. The molecule has 0 bridgehead atoms. The molecule has 0 aliphatic carbocycles. The van der Waals surface area contributed by atoms with E-state index in [4.69, 9.17) is 0 Å². The van der Waals surface area contributed by atoms with E-state index < -0.39 is 10.0 Å². The summed E-state index contributed by atoms with van der Waals surface area (Å²) in [5, 5.41) is 5.81. The van der Waals surface area contributed by atoms with E-state index in [1.807, 2.05) is 7.05 Å². The van der Waals surface area contributed by atoms with Gasteiger partial charge in [-0.3, -0.25) is 4.79 Å². The van der Waals surface area contributed by atoms with Crippen molar-refractivity contribution < 1.29 is 13.2 Å². The number of amides is 1. The molecule has 0 aromatic heterocycles. The maximum atomic E-state index is 12.9. The second-order valence-electron chi connectivity index (χ2n) is 5.79. The van der Waals surface area contributed by atoms with Gasteiger partial charge in [0.25, 0.3) is 5.91 Å². The summed E-state index contributed by atoms with van der Waals surface area (Å²) in [5.41, 5.74) is 1.40. The van der Waals surface area contributed by atoms with Crippen molar-refractivity contribution in [3.8, 4) is 0 Å². The number of fused-ring (bicyclic) bond motifs is 1. The molecule has 0 radical (unpaired) electrons.